The summed E-state index contributed by atoms with van der Waals surface area (Å²) in [6.45, 7) is 2.70. The Morgan fingerprint density at radius 2 is 1.86 bits per heavy atom. The van der Waals surface area contributed by atoms with Crippen LogP contribution in [0.1, 0.15) is 45.4 Å². The van der Waals surface area contributed by atoms with Crippen LogP contribution in [0.5, 0.6) is 0 Å². The van der Waals surface area contributed by atoms with E-state index in [1.165, 1.54) is 12.8 Å². The minimum Gasteiger partial charge on any atom is -0.354 e. The maximum Gasteiger partial charge on any atom is 0.226 e. The van der Waals surface area contributed by atoms with Crippen molar-refractivity contribution in [3.8, 4) is 0 Å². The highest BCUT2D eigenvalue weighted by Crippen LogP contribution is 2.45. The van der Waals surface area contributed by atoms with Gasteiger partial charge in [-0.3, -0.25) is 4.79 Å². The Labute approximate surface area is 85.4 Å². The van der Waals surface area contributed by atoms with Crippen LogP contribution in [0.2, 0.25) is 0 Å². The summed E-state index contributed by atoms with van der Waals surface area (Å²) in [6.07, 6.45) is 6.62. The maximum atomic E-state index is 11.7. The number of carbonyl (C=O) groups is 1. The molecule has 0 aromatic rings. The van der Waals surface area contributed by atoms with Crippen molar-refractivity contribution in [2.24, 2.45) is 11.1 Å². The van der Waals surface area contributed by atoms with E-state index >= 15 is 0 Å². The minimum atomic E-state index is -0.110. The normalized spacial score (nSPS) is 27.3. The second kappa shape index (κ2) is 3.23. The van der Waals surface area contributed by atoms with Crippen molar-refractivity contribution < 1.29 is 4.79 Å². The molecule has 3 N–H and O–H groups in total. The van der Waals surface area contributed by atoms with Gasteiger partial charge in [-0.15, -0.1) is 0 Å². The first-order valence-corrected chi connectivity index (χ1v) is 5.61. The summed E-state index contributed by atoms with van der Waals surface area (Å²) in [4.78, 5) is 11.7. The fraction of sp³-hybridized carbons (Fsp3) is 0.909. The minimum absolute atomic E-state index is 0.0606. The number of carbonyl (C=O) groups excluding carboxylic acids is 1. The topological polar surface area (TPSA) is 55.1 Å². The van der Waals surface area contributed by atoms with Crippen LogP contribution >= 0.6 is 0 Å². The third-order valence-corrected chi connectivity index (χ3v) is 3.75. The van der Waals surface area contributed by atoms with Crippen molar-refractivity contribution >= 4 is 5.91 Å². The number of hydrogen-bond donors (Lipinski definition) is 2. The van der Waals surface area contributed by atoms with E-state index in [0.717, 1.165) is 25.7 Å². The number of hydrogen-bond acceptors (Lipinski definition) is 2. The standard InChI is InChI=1S/C11H20N2O/c1-10(6-7-10)9(14)13-8-11(12)4-2-3-5-11/h2-8,12H2,1H3,(H,13,14). The molecule has 3 nitrogen and oxygen atoms in total. The third kappa shape index (κ3) is 1.92. The predicted molar refractivity (Wildman–Crippen MR) is 55.7 cm³/mol. The molecule has 3 heteroatoms. The van der Waals surface area contributed by atoms with Crippen LogP contribution in [0, 0.1) is 5.41 Å². The van der Waals surface area contributed by atoms with Gasteiger partial charge in [0.15, 0.2) is 0 Å². The van der Waals surface area contributed by atoms with Crippen molar-refractivity contribution in [1.29, 1.82) is 0 Å². The predicted octanol–water partition coefficient (Wildman–Crippen LogP) is 1.17. The first kappa shape index (κ1) is 9.97. The van der Waals surface area contributed by atoms with E-state index in [9.17, 15) is 4.79 Å². The smallest absolute Gasteiger partial charge is 0.226 e. The lowest BCUT2D eigenvalue weighted by atomic mass is 9.99. The van der Waals surface area contributed by atoms with Gasteiger partial charge in [-0.05, 0) is 25.7 Å². The average molecular weight is 196 g/mol. The van der Waals surface area contributed by atoms with Gasteiger partial charge >= 0.3 is 0 Å². The Morgan fingerprint density at radius 3 is 2.36 bits per heavy atom. The van der Waals surface area contributed by atoms with Gasteiger partial charge in [0, 0.05) is 17.5 Å². The molecule has 2 rings (SSSR count). The molecule has 1 amide bonds. The summed E-state index contributed by atoms with van der Waals surface area (Å²) in [5.74, 6) is 0.203. The van der Waals surface area contributed by atoms with E-state index in [1.54, 1.807) is 0 Å². The van der Waals surface area contributed by atoms with Crippen LogP contribution < -0.4 is 11.1 Å². The van der Waals surface area contributed by atoms with Gasteiger partial charge in [0.05, 0.1) is 0 Å². The van der Waals surface area contributed by atoms with E-state index in [2.05, 4.69) is 5.32 Å². The van der Waals surface area contributed by atoms with E-state index in [0.29, 0.717) is 6.54 Å². The molecule has 0 spiro atoms. The molecule has 0 atom stereocenters. The zero-order chi connectivity index (χ0) is 10.2. The van der Waals surface area contributed by atoms with Crippen molar-refractivity contribution in [2.75, 3.05) is 6.54 Å². The number of rotatable bonds is 3. The average Bonchev–Trinajstić information content (AvgIpc) is 2.75. The molecule has 0 saturated heterocycles. The largest absolute Gasteiger partial charge is 0.354 e. The van der Waals surface area contributed by atoms with Crippen molar-refractivity contribution in [3.63, 3.8) is 0 Å². The van der Waals surface area contributed by atoms with Gasteiger partial charge in [-0.25, -0.2) is 0 Å². The summed E-state index contributed by atoms with van der Waals surface area (Å²) in [5.41, 5.74) is 5.99. The highest BCUT2D eigenvalue weighted by atomic mass is 16.2. The van der Waals surface area contributed by atoms with Crippen LogP contribution in [0.4, 0.5) is 0 Å². The summed E-state index contributed by atoms with van der Waals surface area (Å²) in [6, 6.07) is 0. The SMILES string of the molecule is CC1(C(=O)NCC2(N)CCCC2)CC1. The number of nitrogens with two attached hydrogens (primary N) is 1. The van der Waals surface area contributed by atoms with Gasteiger partial charge in [-0.2, -0.15) is 0 Å². The molecule has 0 bridgehead atoms. The van der Waals surface area contributed by atoms with E-state index in [-0.39, 0.29) is 16.9 Å². The molecule has 2 fully saturated rings. The van der Waals surface area contributed by atoms with Crippen LogP contribution in [-0.2, 0) is 4.79 Å². The molecule has 0 aromatic heterocycles. The zero-order valence-electron chi connectivity index (χ0n) is 8.94. The molecule has 0 aromatic carbocycles. The van der Waals surface area contributed by atoms with Crippen LogP contribution in [0.3, 0.4) is 0 Å². The van der Waals surface area contributed by atoms with Gasteiger partial charge < -0.3 is 11.1 Å². The highest BCUT2D eigenvalue weighted by molar-refractivity contribution is 5.84. The van der Waals surface area contributed by atoms with E-state index < -0.39 is 0 Å². The number of nitrogens with one attached hydrogen (secondary N) is 1. The second-order valence-corrected chi connectivity index (χ2v) is 5.31. The summed E-state index contributed by atoms with van der Waals surface area (Å²) in [7, 11) is 0. The highest BCUT2D eigenvalue weighted by Gasteiger charge is 2.45. The molecular weight excluding hydrogens is 176 g/mol. The van der Waals surface area contributed by atoms with Gasteiger partial charge in [0.1, 0.15) is 0 Å². The van der Waals surface area contributed by atoms with Crippen LogP contribution in [-0.4, -0.2) is 18.0 Å². The van der Waals surface area contributed by atoms with Crippen LogP contribution in [0.25, 0.3) is 0 Å². The van der Waals surface area contributed by atoms with Crippen LogP contribution in [0.15, 0.2) is 0 Å². The molecule has 0 unspecified atom stereocenters. The lowest BCUT2D eigenvalue weighted by Crippen LogP contribution is -2.49. The monoisotopic (exact) mass is 196 g/mol. The first-order valence-electron chi connectivity index (χ1n) is 5.61. The molecule has 80 valence electrons. The van der Waals surface area contributed by atoms with Gasteiger partial charge in [0.2, 0.25) is 5.91 Å². The zero-order valence-corrected chi connectivity index (χ0v) is 8.94. The Kier molecular flexibility index (Phi) is 2.30. The van der Waals surface area contributed by atoms with Crippen molar-refractivity contribution in [2.45, 2.75) is 51.0 Å². The first-order chi connectivity index (χ1) is 6.54. The molecule has 2 aliphatic carbocycles. The summed E-state index contributed by atoms with van der Waals surface area (Å²) >= 11 is 0. The van der Waals surface area contributed by atoms with Gasteiger partial charge in [-0.1, -0.05) is 19.8 Å². The lowest BCUT2D eigenvalue weighted by molar-refractivity contribution is -0.126. The summed E-state index contributed by atoms with van der Waals surface area (Å²) < 4.78 is 0. The fourth-order valence-corrected chi connectivity index (χ4v) is 2.14. The Bertz CT molecular complexity index is 240. The molecule has 0 heterocycles. The molecule has 2 saturated carbocycles. The van der Waals surface area contributed by atoms with E-state index in [1.807, 2.05) is 6.92 Å². The third-order valence-electron chi connectivity index (χ3n) is 3.75. The molecular formula is C11H20N2O. The second-order valence-electron chi connectivity index (χ2n) is 5.31. The fourth-order valence-electron chi connectivity index (χ4n) is 2.14. The van der Waals surface area contributed by atoms with E-state index in [4.69, 9.17) is 5.73 Å². The Hall–Kier alpha value is -0.570. The molecule has 14 heavy (non-hydrogen) atoms. The Morgan fingerprint density at radius 1 is 1.29 bits per heavy atom. The number of amides is 1. The van der Waals surface area contributed by atoms with Gasteiger partial charge in [0.25, 0.3) is 0 Å². The Balaban J connectivity index is 1.79. The molecule has 0 radical (unpaired) electrons. The molecule has 2 aliphatic rings. The summed E-state index contributed by atoms with van der Waals surface area (Å²) in [5, 5.41) is 3.00. The lowest BCUT2D eigenvalue weighted by Gasteiger charge is -2.24. The quantitative estimate of drug-likeness (QED) is 0.712. The van der Waals surface area contributed by atoms with Crippen molar-refractivity contribution in [3.05, 3.63) is 0 Å². The maximum absolute atomic E-state index is 11.7. The van der Waals surface area contributed by atoms with Crippen molar-refractivity contribution in [1.82, 2.24) is 5.32 Å². The molecule has 0 aliphatic heterocycles.